The molecule has 0 N–H and O–H groups in total. The highest BCUT2D eigenvalue weighted by molar-refractivity contribution is 14.1. The van der Waals surface area contributed by atoms with Crippen molar-refractivity contribution < 1.29 is 9.53 Å². The first-order valence-corrected chi connectivity index (χ1v) is 7.60. The van der Waals surface area contributed by atoms with Crippen molar-refractivity contribution in [2.75, 3.05) is 0 Å². The normalized spacial score (nSPS) is 10.3. The molecule has 2 rings (SSSR count). The van der Waals surface area contributed by atoms with E-state index in [1.165, 1.54) is 3.57 Å². The molecule has 0 aliphatic rings. The smallest absolute Gasteiger partial charge is 0.153 e. The summed E-state index contributed by atoms with van der Waals surface area (Å²) >= 11 is 5.64. The Bertz CT molecular complexity index is 594. The predicted molar refractivity (Wildman–Crippen MR) is 87.8 cm³/mol. The van der Waals surface area contributed by atoms with Crippen LogP contribution in [0.3, 0.4) is 0 Å². The molecule has 0 aliphatic heterocycles. The third-order valence-electron chi connectivity index (χ3n) is 2.69. The minimum Gasteiger partial charge on any atom is -0.488 e. The molecule has 0 atom stereocenters. The summed E-state index contributed by atoms with van der Waals surface area (Å²) < 4.78 is 7.86. The topological polar surface area (TPSA) is 26.3 Å². The lowest BCUT2D eigenvalue weighted by molar-refractivity contribution is 0.111. The number of aryl methyl sites for hydroxylation is 1. The average molecular weight is 431 g/mol. The zero-order chi connectivity index (χ0) is 13.8. The van der Waals surface area contributed by atoms with Crippen LogP contribution in [0.15, 0.2) is 40.9 Å². The molecule has 4 heteroatoms. The van der Waals surface area contributed by atoms with Crippen molar-refractivity contribution >= 4 is 44.8 Å². The number of aldehydes is 1. The summed E-state index contributed by atoms with van der Waals surface area (Å²) in [5, 5.41) is 0. The molecule has 2 aromatic carbocycles. The summed E-state index contributed by atoms with van der Waals surface area (Å²) in [5.41, 5.74) is 2.60. The lowest BCUT2D eigenvalue weighted by Gasteiger charge is -2.12. The molecule has 2 aromatic rings. The van der Waals surface area contributed by atoms with Gasteiger partial charge in [-0.1, -0.05) is 28.1 Å². The summed E-state index contributed by atoms with van der Waals surface area (Å²) in [4.78, 5) is 11.1. The van der Waals surface area contributed by atoms with Crippen molar-refractivity contribution in [1.29, 1.82) is 0 Å². The Balaban J connectivity index is 2.19. The molecular formula is C15H12BrIO2. The third kappa shape index (κ3) is 3.79. The molecule has 0 amide bonds. The maximum atomic E-state index is 11.1. The van der Waals surface area contributed by atoms with Crippen molar-refractivity contribution in [1.82, 2.24) is 0 Å². The van der Waals surface area contributed by atoms with Crippen LogP contribution in [-0.4, -0.2) is 6.29 Å². The van der Waals surface area contributed by atoms with Crippen LogP contribution in [0.1, 0.15) is 21.5 Å². The highest BCUT2D eigenvalue weighted by atomic mass is 127. The Morgan fingerprint density at radius 2 is 1.95 bits per heavy atom. The van der Waals surface area contributed by atoms with Crippen LogP contribution in [-0.2, 0) is 6.61 Å². The highest BCUT2D eigenvalue weighted by Crippen LogP contribution is 2.27. The Morgan fingerprint density at radius 3 is 2.58 bits per heavy atom. The number of carbonyl (C=O) groups is 1. The Labute approximate surface area is 134 Å². The van der Waals surface area contributed by atoms with E-state index in [9.17, 15) is 4.79 Å². The van der Waals surface area contributed by atoms with E-state index in [4.69, 9.17) is 4.74 Å². The summed E-state index contributed by atoms with van der Waals surface area (Å²) in [6, 6.07) is 11.8. The van der Waals surface area contributed by atoms with E-state index < -0.39 is 0 Å². The van der Waals surface area contributed by atoms with Gasteiger partial charge < -0.3 is 4.74 Å². The van der Waals surface area contributed by atoms with Crippen LogP contribution in [0, 0.1) is 10.5 Å². The molecule has 19 heavy (non-hydrogen) atoms. The fourth-order valence-electron chi connectivity index (χ4n) is 1.78. The molecule has 0 unspecified atom stereocenters. The fourth-order valence-corrected chi connectivity index (χ4v) is 2.73. The summed E-state index contributed by atoms with van der Waals surface area (Å²) in [7, 11) is 0. The Hall–Kier alpha value is -0.880. The monoisotopic (exact) mass is 430 g/mol. The van der Waals surface area contributed by atoms with Gasteiger partial charge in [0, 0.05) is 8.04 Å². The lowest BCUT2D eigenvalue weighted by atomic mass is 10.1. The molecule has 0 saturated heterocycles. The summed E-state index contributed by atoms with van der Waals surface area (Å²) in [6.07, 6.45) is 0.820. The minimum absolute atomic E-state index is 0.459. The van der Waals surface area contributed by atoms with Gasteiger partial charge in [0.2, 0.25) is 0 Å². The fraction of sp³-hybridized carbons (Fsp3) is 0.133. The first-order chi connectivity index (χ1) is 9.10. The van der Waals surface area contributed by atoms with Gasteiger partial charge in [-0.25, -0.2) is 0 Å². The molecule has 0 bridgehead atoms. The van der Waals surface area contributed by atoms with E-state index in [2.05, 4.69) is 38.5 Å². The van der Waals surface area contributed by atoms with E-state index in [1.807, 2.05) is 37.3 Å². The largest absolute Gasteiger partial charge is 0.488 e. The number of halogens is 2. The summed E-state index contributed by atoms with van der Waals surface area (Å²) in [6.45, 7) is 2.39. The molecule has 0 fully saturated rings. The minimum atomic E-state index is 0.459. The van der Waals surface area contributed by atoms with Gasteiger partial charge in [0.1, 0.15) is 12.4 Å². The van der Waals surface area contributed by atoms with Gasteiger partial charge in [-0.15, -0.1) is 0 Å². The van der Waals surface area contributed by atoms with Crippen molar-refractivity contribution in [2.24, 2.45) is 0 Å². The maximum absolute atomic E-state index is 11.1. The van der Waals surface area contributed by atoms with Crippen LogP contribution in [0.4, 0.5) is 0 Å². The van der Waals surface area contributed by atoms with Crippen LogP contribution in [0.25, 0.3) is 0 Å². The number of benzene rings is 2. The summed E-state index contributed by atoms with van der Waals surface area (Å²) in [5.74, 6) is 0.650. The zero-order valence-corrected chi connectivity index (χ0v) is 14.1. The number of carbonyl (C=O) groups excluding carboxylic acids is 1. The van der Waals surface area contributed by atoms with Gasteiger partial charge in [0.25, 0.3) is 0 Å². The van der Waals surface area contributed by atoms with Gasteiger partial charge in [0.05, 0.1) is 5.56 Å². The molecule has 98 valence electrons. The van der Waals surface area contributed by atoms with E-state index >= 15 is 0 Å². The number of hydrogen-bond donors (Lipinski definition) is 0. The van der Waals surface area contributed by atoms with Crippen molar-refractivity contribution in [3.8, 4) is 5.75 Å². The molecule has 0 aromatic heterocycles. The second-order valence-electron chi connectivity index (χ2n) is 4.17. The number of rotatable bonds is 4. The van der Waals surface area contributed by atoms with E-state index in [0.29, 0.717) is 17.9 Å². The van der Waals surface area contributed by atoms with Gasteiger partial charge in [-0.3, -0.25) is 4.79 Å². The van der Waals surface area contributed by atoms with E-state index in [0.717, 1.165) is 21.9 Å². The predicted octanol–water partition coefficient (Wildman–Crippen LogP) is 4.75. The highest BCUT2D eigenvalue weighted by Gasteiger charge is 2.08. The first kappa shape index (κ1) is 14.5. The third-order valence-corrected chi connectivity index (χ3v) is 3.87. The maximum Gasteiger partial charge on any atom is 0.153 e. The SMILES string of the molecule is Cc1cc(Br)cc(C=O)c1OCc1ccc(I)cc1. The molecule has 0 radical (unpaired) electrons. The van der Waals surface area contributed by atoms with Crippen LogP contribution >= 0.6 is 38.5 Å². The standard InChI is InChI=1S/C15H12BrIO2/c1-10-6-13(16)7-12(8-18)15(10)19-9-11-2-4-14(17)5-3-11/h2-8H,9H2,1H3. The van der Waals surface area contributed by atoms with Crippen LogP contribution in [0.5, 0.6) is 5.75 Å². The average Bonchev–Trinajstić information content (AvgIpc) is 2.39. The van der Waals surface area contributed by atoms with Gasteiger partial charge in [0.15, 0.2) is 6.29 Å². The van der Waals surface area contributed by atoms with Crippen molar-refractivity contribution in [3.63, 3.8) is 0 Å². The number of hydrogen-bond acceptors (Lipinski definition) is 2. The zero-order valence-electron chi connectivity index (χ0n) is 10.3. The van der Waals surface area contributed by atoms with Gasteiger partial charge >= 0.3 is 0 Å². The quantitative estimate of drug-likeness (QED) is 0.516. The van der Waals surface area contributed by atoms with Crippen LogP contribution < -0.4 is 4.74 Å². The number of ether oxygens (including phenoxy) is 1. The molecule has 0 heterocycles. The lowest BCUT2D eigenvalue weighted by Crippen LogP contribution is -2.00. The molecule has 0 spiro atoms. The first-order valence-electron chi connectivity index (χ1n) is 5.72. The molecule has 0 aliphatic carbocycles. The van der Waals surface area contributed by atoms with Gasteiger partial charge in [-0.05, 0) is 64.9 Å². The van der Waals surface area contributed by atoms with Crippen LogP contribution in [0.2, 0.25) is 0 Å². The molecule has 2 nitrogen and oxygen atoms in total. The molecule has 0 saturated carbocycles. The van der Waals surface area contributed by atoms with E-state index in [1.54, 1.807) is 6.07 Å². The van der Waals surface area contributed by atoms with Crippen molar-refractivity contribution in [2.45, 2.75) is 13.5 Å². The van der Waals surface area contributed by atoms with E-state index in [-0.39, 0.29) is 0 Å². The Kier molecular flexibility index (Phi) is 4.99. The van der Waals surface area contributed by atoms with Crippen molar-refractivity contribution in [3.05, 3.63) is 61.1 Å². The molecular weight excluding hydrogens is 419 g/mol. The Morgan fingerprint density at radius 1 is 1.26 bits per heavy atom. The second kappa shape index (κ2) is 6.52. The second-order valence-corrected chi connectivity index (χ2v) is 6.34. The van der Waals surface area contributed by atoms with Gasteiger partial charge in [-0.2, -0.15) is 0 Å².